The van der Waals surface area contributed by atoms with E-state index in [9.17, 15) is 4.79 Å². The number of aromatic nitrogens is 3. The predicted molar refractivity (Wildman–Crippen MR) is 120 cm³/mol. The molecular formula is C23H21N3O3S. The van der Waals surface area contributed by atoms with Crippen LogP contribution in [0.15, 0.2) is 59.4 Å². The van der Waals surface area contributed by atoms with Gasteiger partial charge in [-0.2, -0.15) is 9.50 Å². The molecule has 7 heteroatoms. The van der Waals surface area contributed by atoms with Crippen LogP contribution in [0.3, 0.4) is 0 Å². The molecule has 2 aromatic carbocycles. The summed E-state index contributed by atoms with van der Waals surface area (Å²) in [5.74, 6) is 2.12. The third kappa shape index (κ3) is 4.11. The minimum Gasteiger partial charge on any atom is -0.496 e. The van der Waals surface area contributed by atoms with E-state index >= 15 is 0 Å². The van der Waals surface area contributed by atoms with Crippen LogP contribution in [0.2, 0.25) is 0 Å². The van der Waals surface area contributed by atoms with E-state index in [0.717, 1.165) is 29.0 Å². The number of thiazole rings is 1. The zero-order valence-corrected chi connectivity index (χ0v) is 17.6. The van der Waals surface area contributed by atoms with E-state index < -0.39 is 0 Å². The molecule has 0 saturated heterocycles. The van der Waals surface area contributed by atoms with E-state index in [1.807, 2.05) is 60.7 Å². The number of rotatable bonds is 7. The van der Waals surface area contributed by atoms with Crippen molar-refractivity contribution in [1.29, 1.82) is 0 Å². The molecule has 0 N–H and O–H groups in total. The summed E-state index contributed by atoms with van der Waals surface area (Å²) in [5.41, 5.74) is 1.61. The van der Waals surface area contributed by atoms with Crippen LogP contribution < -0.4 is 19.6 Å². The highest BCUT2D eigenvalue weighted by molar-refractivity contribution is 7.15. The second-order valence-corrected chi connectivity index (χ2v) is 7.55. The van der Waals surface area contributed by atoms with E-state index in [4.69, 9.17) is 9.47 Å². The molecule has 4 rings (SSSR count). The lowest BCUT2D eigenvalue weighted by molar-refractivity contribution is 0.317. The first-order valence-electron chi connectivity index (χ1n) is 9.64. The number of para-hydroxylation sites is 1. The maximum absolute atomic E-state index is 12.7. The van der Waals surface area contributed by atoms with E-state index in [2.05, 4.69) is 17.0 Å². The number of hydrogen-bond donors (Lipinski definition) is 0. The van der Waals surface area contributed by atoms with Crippen molar-refractivity contribution in [3.8, 4) is 22.9 Å². The largest absolute Gasteiger partial charge is 0.496 e. The van der Waals surface area contributed by atoms with Crippen molar-refractivity contribution in [1.82, 2.24) is 14.6 Å². The normalized spacial score (nSPS) is 12.1. The van der Waals surface area contributed by atoms with Gasteiger partial charge in [-0.05, 0) is 42.8 Å². The van der Waals surface area contributed by atoms with Crippen LogP contribution in [0, 0.1) is 0 Å². The summed E-state index contributed by atoms with van der Waals surface area (Å²) in [7, 11) is 1.63. The van der Waals surface area contributed by atoms with Gasteiger partial charge in [-0.25, -0.2) is 0 Å². The molecule has 0 amide bonds. The van der Waals surface area contributed by atoms with Gasteiger partial charge < -0.3 is 9.47 Å². The number of methoxy groups -OCH3 is 1. The molecule has 0 atom stereocenters. The third-order valence-corrected chi connectivity index (χ3v) is 5.41. The van der Waals surface area contributed by atoms with Crippen molar-refractivity contribution in [2.45, 2.75) is 13.3 Å². The minimum absolute atomic E-state index is 0.179. The van der Waals surface area contributed by atoms with Crippen LogP contribution >= 0.6 is 11.3 Å². The van der Waals surface area contributed by atoms with Crippen molar-refractivity contribution < 1.29 is 9.47 Å². The van der Waals surface area contributed by atoms with Gasteiger partial charge in [-0.1, -0.05) is 48.6 Å². The maximum atomic E-state index is 12.7. The van der Waals surface area contributed by atoms with Crippen LogP contribution in [0.5, 0.6) is 11.5 Å². The van der Waals surface area contributed by atoms with Gasteiger partial charge in [0.1, 0.15) is 11.5 Å². The summed E-state index contributed by atoms with van der Waals surface area (Å²) in [6.45, 7) is 2.75. The fourth-order valence-electron chi connectivity index (χ4n) is 2.93. The molecular weight excluding hydrogens is 398 g/mol. The Balaban J connectivity index is 1.59. The van der Waals surface area contributed by atoms with Crippen molar-refractivity contribution in [2.24, 2.45) is 0 Å². The number of benzene rings is 2. The summed E-state index contributed by atoms with van der Waals surface area (Å²) in [5, 5.41) is 4.39. The monoisotopic (exact) mass is 419 g/mol. The molecule has 0 radical (unpaired) electrons. The molecule has 0 aliphatic rings. The highest BCUT2D eigenvalue weighted by atomic mass is 32.1. The summed E-state index contributed by atoms with van der Waals surface area (Å²) >= 11 is 1.31. The first-order valence-corrected chi connectivity index (χ1v) is 10.5. The lowest BCUT2D eigenvalue weighted by atomic mass is 10.2. The molecule has 30 heavy (non-hydrogen) atoms. The summed E-state index contributed by atoms with van der Waals surface area (Å²) in [4.78, 5) is 17.8. The number of nitrogens with zero attached hydrogens (tertiary/aromatic N) is 3. The Morgan fingerprint density at radius 1 is 1.13 bits per heavy atom. The standard InChI is InChI=1S/C23H21N3O3S/c1-3-15-29-18-13-11-17(12-14-18)21-24-23-26(25-21)22(27)20(30-23)10-6-8-16-7-4-5-9-19(16)28-2/h4-14H,3,15H2,1-2H3. The number of fused-ring (bicyclic) bond motifs is 1. The molecule has 152 valence electrons. The number of ether oxygens (including phenoxy) is 2. The van der Waals surface area contributed by atoms with Gasteiger partial charge >= 0.3 is 0 Å². The van der Waals surface area contributed by atoms with Gasteiger partial charge in [0, 0.05) is 11.1 Å². The fourth-order valence-corrected chi connectivity index (χ4v) is 3.79. The maximum Gasteiger partial charge on any atom is 0.291 e. The van der Waals surface area contributed by atoms with Gasteiger partial charge in [0.05, 0.1) is 18.2 Å². The van der Waals surface area contributed by atoms with Crippen LogP contribution in [0.4, 0.5) is 0 Å². The van der Waals surface area contributed by atoms with E-state index in [0.29, 0.717) is 21.9 Å². The Labute approximate surface area is 177 Å². The molecule has 0 saturated carbocycles. The third-order valence-electron chi connectivity index (χ3n) is 4.43. The Kier molecular flexibility index (Phi) is 5.90. The van der Waals surface area contributed by atoms with Crippen LogP contribution in [0.25, 0.3) is 28.5 Å². The van der Waals surface area contributed by atoms with E-state index in [1.165, 1.54) is 15.9 Å². The molecule has 0 unspecified atom stereocenters. The topological polar surface area (TPSA) is 65.7 Å². The molecule has 2 heterocycles. The smallest absolute Gasteiger partial charge is 0.291 e. The quantitative estimate of drug-likeness (QED) is 0.456. The van der Waals surface area contributed by atoms with Crippen LogP contribution in [0.1, 0.15) is 18.9 Å². The Morgan fingerprint density at radius 3 is 2.67 bits per heavy atom. The lowest BCUT2D eigenvalue weighted by Crippen LogP contribution is -2.23. The van der Waals surface area contributed by atoms with Crippen molar-refractivity contribution in [3.63, 3.8) is 0 Å². The molecule has 2 aromatic heterocycles. The molecule has 0 spiro atoms. The predicted octanol–water partition coefficient (Wildman–Crippen LogP) is 3.83. The second kappa shape index (κ2) is 8.92. The summed E-state index contributed by atoms with van der Waals surface area (Å²) in [6.07, 6.45) is 6.47. The highest BCUT2D eigenvalue weighted by Crippen LogP contribution is 2.21. The molecule has 0 fully saturated rings. The van der Waals surface area contributed by atoms with Crippen molar-refractivity contribution >= 4 is 28.4 Å². The molecule has 6 nitrogen and oxygen atoms in total. The van der Waals surface area contributed by atoms with E-state index in [1.54, 1.807) is 13.2 Å². The fraction of sp³-hybridized carbons (Fsp3) is 0.174. The summed E-state index contributed by atoms with van der Waals surface area (Å²) < 4.78 is 12.9. The average molecular weight is 420 g/mol. The minimum atomic E-state index is -0.179. The van der Waals surface area contributed by atoms with Crippen LogP contribution in [-0.4, -0.2) is 28.3 Å². The summed E-state index contributed by atoms with van der Waals surface area (Å²) in [6, 6.07) is 15.3. The Hall–Kier alpha value is -3.45. The average Bonchev–Trinajstić information content (AvgIpc) is 3.32. The van der Waals surface area contributed by atoms with Crippen molar-refractivity contribution in [3.05, 3.63) is 75.1 Å². The Morgan fingerprint density at radius 2 is 1.93 bits per heavy atom. The van der Waals surface area contributed by atoms with Gasteiger partial charge in [-0.15, -0.1) is 5.10 Å². The SMILES string of the molecule is CCCOc1ccc(-c2nc3sc(=CC=Cc4ccccc4OC)c(=O)n3n2)cc1. The van der Waals surface area contributed by atoms with Gasteiger partial charge in [0.25, 0.3) is 5.56 Å². The van der Waals surface area contributed by atoms with Gasteiger partial charge in [0.15, 0.2) is 5.82 Å². The highest BCUT2D eigenvalue weighted by Gasteiger charge is 2.11. The number of allylic oxidation sites excluding steroid dienone is 1. The van der Waals surface area contributed by atoms with E-state index in [-0.39, 0.29) is 5.56 Å². The zero-order valence-electron chi connectivity index (χ0n) is 16.7. The molecule has 0 aliphatic heterocycles. The second-order valence-electron chi connectivity index (χ2n) is 6.54. The molecule has 0 aliphatic carbocycles. The zero-order chi connectivity index (χ0) is 20.9. The molecule has 4 aromatic rings. The number of hydrogen-bond acceptors (Lipinski definition) is 6. The van der Waals surface area contributed by atoms with Gasteiger partial charge in [0.2, 0.25) is 4.96 Å². The van der Waals surface area contributed by atoms with Crippen molar-refractivity contribution in [2.75, 3.05) is 13.7 Å². The molecule has 0 bridgehead atoms. The first-order chi connectivity index (χ1) is 14.7. The lowest BCUT2D eigenvalue weighted by Gasteiger charge is -2.04. The first kappa shape index (κ1) is 19.8. The Bertz CT molecular complexity index is 1290. The van der Waals surface area contributed by atoms with Crippen LogP contribution in [-0.2, 0) is 0 Å². The van der Waals surface area contributed by atoms with Gasteiger partial charge in [-0.3, -0.25) is 4.79 Å².